The number of amides is 2. The summed E-state index contributed by atoms with van der Waals surface area (Å²) in [6.07, 6.45) is 0. The molecule has 0 saturated carbocycles. The van der Waals surface area contributed by atoms with E-state index < -0.39 is 0 Å². The number of aryl methyl sites for hydroxylation is 1. The highest BCUT2D eigenvalue weighted by Crippen LogP contribution is 2.23. The molecule has 2 N–H and O–H groups in total. The number of carbonyl (C=O) groups excluding carboxylic acids is 2. The van der Waals surface area contributed by atoms with Crippen molar-refractivity contribution in [2.45, 2.75) is 17.8 Å². The maximum absolute atomic E-state index is 13.0. The van der Waals surface area contributed by atoms with E-state index in [9.17, 15) is 9.59 Å². The average molecular weight is 491 g/mol. The number of nitrogens with zero attached hydrogens (tertiary/aromatic N) is 4. The number of hydrogen-bond donors (Lipinski definition) is 2. The summed E-state index contributed by atoms with van der Waals surface area (Å²) < 4.78 is 4.96. The number of imidazole rings is 1. The molecule has 35 heavy (non-hydrogen) atoms. The van der Waals surface area contributed by atoms with Crippen LogP contribution in [0.1, 0.15) is 21.7 Å². The lowest BCUT2D eigenvalue weighted by molar-refractivity contribution is -0.117. The molecule has 2 amide bonds. The van der Waals surface area contributed by atoms with Gasteiger partial charge < -0.3 is 19.7 Å². The molecule has 0 aliphatic carbocycles. The van der Waals surface area contributed by atoms with Crippen LogP contribution in [0.5, 0.6) is 0 Å². The predicted molar refractivity (Wildman–Crippen MR) is 134 cm³/mol. The zero-order valence-electron chi connectivity index (χ0n) is 19.4. The van der Waals surface area contributed by atoms with Gasteiger partial charge in [-0.1, -0.05) is 41.2 Å². The van der Waals surface area contributed by atoms with Gasteiger partial charge in [-0.15, -0.1) is 0 Å². The maximum atomic E-state index is 13.0. The molecule has 2 aromatic heterocycles. The minimum atomic E-state index is -0.144. The summed E-state index contributed by atoms with van der Waals surface area (Å²) in [6, 6.07) is 17.4. The third kappa shape index (κ3) is 5.72. The lowest BCUT2D eigenvalue weighted by Gasteiger charge is -2.34. The molecule has 1 fully saturated rings. The second kappa shape index (κ2) is 10.3. The second-order valence-electron chi connectivity index (χ2n) is 8.48. The number of hydrogen-bond acceptors (Lipinski definition) is 7. The largest absolute Gasteiger partial charge is 0.360 e. The number of thioether (sulfide) groups is 1. The molecule has 4 aromatic rings. The van der Waals surface area contributed by atoms with Gasteiger partial charge in [0.25, 0.3) is 5.91 Å². The van der Waals surface area contributed by atoms with E-state index >= 15 is 0 Å². The van der Waals surface area contributed by atoms with E-state index in [0.29, 0.717) is 43.3 Å². The molecule has 9 nitrogen and oxygen atoms in total. The van der Waals surface area contributed by atoms with Crippen LogP contribution < -0.4 is 5.32 Å². The lowest BCUT2D eigenvalue weighted by Crippen LogP contribution is -2.50. The van der Waals surface area contributed by atoms with Crippen molar-refractivity contribution in [1.82, 2.24) is 24.9 Å². The molecular formula is C25H26N6O3S. The van der Waals surface area contributed by atoms with Crippen molar-refractivity contribution in [2.75, 3.05) is 38.0 Å². The summed E-state index contributed by atoms with van der Waals surface area (Å²) in [7, 11) is 0. The minimum absolute atomic E-state index is 0.0173. The van der Waals surface area contributed by atoms with Crippen molar-refractivity contribution in [2.24, 2.45) is 0 Å². The number of aromatic amines is 1. The van der Waals surface area contributed by atoms with E-state index in [1.807, 2.05) is 58.3 Å². The first-order valence-corrected chi connectivity index (χ1v) is 12.4. The van der Waals surface area contributed by atoms with Gasteiger partial charge in [-0.05, 0) is 36.8 Å². The van der Waals surface area contributed by atoms with Crippen LogP contribution in [0.25, 0.3) is 11.0 Å². The summed E-state index contributed by atoms with van der Waals surface area (Å²) in [5.41, 5.74) is 3.80. The quantitative estimate of drug-likeness (QED) is 0.382. The fourth-order valence-electron chi connectivity index (χ4n) is 4.00. The first-order valence-electron chi connectivity index (χ1n) is 11.4. The van der Waals surface area contributed by atoms with E-state index in [0.717, 1.165) is 27.5 Å². The molecular weight excluding hydrogens is 464 g/mol. The standard InChI is InChI=1S/C25H26N6O3S/c1-17-14-22(29-34-17)28-23(32)15-30-10-12-31(13-11-30)24(33)19-8-6-18(7-9-19)16-35-25-26-20-4-2-3-5-21(20)27-25/h2-9,14H,10-13,15-16H2,1H3,(H,26,27)(H,28,29,32). The molecule has 2 aromatic carbocycles. The molecule has 0 spiro atoms. The zero-order valence-corrected chi connectivity index (χ0v) is 20.2. The van der Waals surface area contributed by atoms with Crippen molar-refractivity contribution in [3.05, 3.63) is 71.5 Å². The van der Waals surface area contributed by atoms with Gasteiger partial charge >= 0.3 is 0 Å². The summed E-state index contributed by atoms with van der Waals surface area (Å²) in [5, 5.41) is 7.39. The van der Waals surface area contributed by atoms with Crippen molar-refractivity contribution in [3.8, 4) is 0 Å². The van der Waals surface area contributed by atoms with Gasteiger partial charge in [0.15, 0.2) is 11.0 Å². The van der Waals surface area contributed by atoms with E-state index in [1.165, 1.54) is 0 Å². The summed E-state index contributed by atoms with van der Waals surface area (Å²) >= 11 is 1.64. The minimum Gasteiger partial charge on any atom is -0.360 e. The molecule has 1 saturated heterocycles. The summed E-state index contributed by atoms with van der Waals surface area (Å²) in [5.74, 6) is 1.70. The van der Waals surface area contributed by atoms with Crippen LogP contribution in [0.2, 0.25) is 0 Å². The highest BCUT2D eigenvalue weighted by atomic mass is 32.2. The summed E-state index contributed by atoms with van der Waals surface area (Å²) in [4.78, 5) is 37.0. The number of nitrogens with one attached hydrogen (secondary N) is 2. The number of H-pyrrole nitrogens is 1. The number of carbonyl (C=O) groups is 2. The van der Waals surface area contributed by atoms with Gasteiger partial charge in [0.1, 0.15) is 5.76 Å². The Morgan fingerprint density at radius 2 is 1.86 bits per heavy atom. The first kappa shape index (κ1) is 23.1. The van der Waals surface area contributed by atoms with E-state index in [1.54, 1.807) is 24.8 Å². The molecule has 0 radical (unpaired) electrons. The van der Waals surface area contributed by atoms with E-state index in [2.05, 4.69) is 20.4 Å². The van der Waals surface area contributed by atoms with Crippen molar-refractivity contribution < 1.29 is 14.1 Å². The third-order valence-electron chi connectivity index (χ3n) is 5.87. The van der Waals surface area contributed by atoms with Crippen LogP contribution in [-0.4, -0.2) is 69.5 Å². The molecule has 0 unspecified atom stereocenters. The Labute approximate surface area is 206 Å². The number of piperazine rings is 1. The van der Waals surface area contributed by atoms with Crippen molar-refractivity contribution >= 4 is 40.4 Å². The van der Waals surface area contributed by atoms with Gasteiger partial charge in [-0.3, -0.25) is 14.5 Å². The molecule has 1 aliphatic heterocycles. The van der Waals surface area contributed by atoms with Gasteiger partial charge in [0, 0.05) is 43.6 Å². The highest BCUT2D eigenvalue weighted by Gasteiger charge is 2.23. The second-order valence-corrected chi connectivity index (χ2v) is 9.45. The Balaban J connectivity index is 1.08. The monoisotopic (exact) mass is 490 g/mol. The number of anilines is 1. The normalized spacial score (nSPS) is 14.4. The van der Waals surface area contributed by atoms with Gasteiger partial charge in [-0.25, -0.2) is 4.98 Å². The third-order valence-corrected chi connectivity index (χ3v) is 6.81. The van der Waals surface area contributed by atoms with E-state index in [4.69, 9.17) is 4.52 Å². The highest BCUT2D eigenvalue weighted by molar-refractivity contribution is 7.98. The average Bonchev–Trinajstić information content (AvgIpc) is 3.48. The van der Waals surface area contributed by atoms with Crippen LogP contribution in [0.4, 0.5) is 5.82 Å². The molecule has 1 aliphatic rings. The predicted octanol–water partition coefficient (Wildman–Crippen LogP) is 3.55. The fraction of sp³-hybridized carbons (Fsp3) is 0.280. The van der Waals surface area contributed by atoms with Gasteiger partial charge in [-0.2, -0.15) is 0 Å². The van der Waals surface area contributed by atoms with Crippen molar-refractivity contribution in [1.29, 1.82) is 0 Å². The smallest absolute Gasteiger partial charge is 0.253 e. The Hall–Kier alpha value is -3.63. The Kier molecular flexibility index (Phi) is 6.82. The molecule has 0 bridgehead atoms. The zero-order chi connectivity index (χ0) is 24.2. The van der Waals surface area contributed by atoms with E-state index in [-0.39, 0.29) is 18.4 Å². The van der Waals surface area contributed by atoms with Crippen LogP contribution in [0, 0.1) is 6.92 Å². The molecule has 3 heterocycles. The number of aromatic nitrogens is 3. The summed E-state index contributed by atoms with van der Waals surface area (Å²) in [6.45, 7) is 4.48. The fourth-order valence-corrected chi connectivity index (χ4v) is 4.84. The van der Waals surface area contributed by atoms with Gasteiger partial charge in [0.2, 0.25) is 5.91 Å². The number of fused-ring (bicyclic) bond motifs is 1. The van der Waals surface area contributed by atoms with Crippen LogP contribution in [0.15, 0.2) is 64.3 Å². The van der Waals surface area contributed by atoms with Crippen LogP contribution >= 0.6 is 11.8 Å². The number of benzene rings is 2. The Morgan fingerprint density at radius 1 is 1.09 bits per heavy atom. The molecule has 0 atom stereocenters. The van der Waals surface area contributed by atoms with Crippen LogP contribution in [-0.2, 0) is 10.5 Å². The number of rotatable bonds is 7. The molecule has 180 valence electrons. The van der Waals surface area contributed by atoms with Gasteiger partial charge in [0.05, 0.1) is 17.6 Å². The maximum Gasteiger partial charge on any atom is 0.253 e. The SMILES string of the molecule is Cc1cc(NC(=O)CN2CCN(C(=O)c3ccc(CSc4nc5ccccc5[nH]4)cc3)CC2)no1. The Morgan fingerprint density at radius 3 is 2.57 bits per heavy atom. The lowest BCUT2D eigenvalue weighted by atomic mass is 10.1. The molecule has 10 heteroatoms. The first-order chi connectivity index (χ1) is 17.0. The van der Waals surface area contributed by atoms with Crippen molar-refractivity contribution in [3.63, 3.8) is 0 Å². The molecule has 5 rings (SSSR count). The van der Waals surface area contributed by atoms with Crippen LogP contribution in [0.3, 0.4) is 0 Å². The Bertz CT molecular complexity index is 1290. The number of para-hydroxylation sites is 2. The topological polar surface area (TPSA) is 107 Å².